The number of hydrogen-bond acceptors (Lipinski definition) is 2. The van der Waals surface area contributed by atoms with Crippen LogP contribution < -0.4 is 0 Å². The fraction of sp³-hybridized carbons (Fsp3) is 0.200. The lowest BCUT2D eigenvalue weighted by Gasteiger charge is -2.02. The van der Waals surface area contributed by atoms with Gasteiger partial charge in [0.25, 0.3) is 0 Å². The van der Waals surface area contributed by atoms with Crippen LogP contribution in [-0.2, 0) is 0 Å². The Morgan fingerprint density at radius 1 is 1.50 bits per heavy atom. The number of rotatable bonds is 0. The summed E-state index contributed by atoms with van der Waals surface area (Å²) in [6.07, 6.45) is 1.72. The average Bonchev–Trinajstić information content (AvgIpc) is 2.55. The molecular formula is C10H9IN2O. The molecule has 1 aromatic carbocycles. The summed E-state index contributed by atoms with van der Waals surface area (Å²) in [5, 5.41) is 5.07. The molecule has 0 saturated carbocycles. The van der Waals surface area contributed by atoms with Crippen molar-refractivity contribution in [2.24, 2.45) is 0 Å². The SMILES string of the molecule is CC(=O)n1ncc2ccc(C)c(I)c21. The van der Waals surface area contributed by atoms with Crippen LogP contribution in [0.4, 0.5) is 0 Å². The van der Waals surface area contributed by atoms with Crippen molar-refractivity contribution in [3.05, 3.63) is 27.5 Å². The highest BCUT2D eigenvalue weighted by Crippen LogP contribution is 2.23. The Hall–Kier alpha value is -0.910. The first-order valence-electron chi connectivity index (χ1n) is 4.25. The second-order valence-corrected chi connectivity index (χ2v) is 4.29. The molecular weight excluding hydrogens is 291 g/mol. The van der Waals surface area contributed by atoms with Crippen LogP contribution in [0.15, 0.2) is 18.3 Å². The summed E-state index contributed by atoms with van der Waals surface area (Å²) in [5.41, 5.74) is 2.08. The third-order valence-corrected chi connectivity index (χ3v) is 3.52. The number of benzene rings is 1. The number of halogens is 1. The summed E-state index contributed by atoms with van der Waals surface area (Å²) in [5.74, 6) is -0.0523. The molecule has 0 N–H and O–H groups in total. The predicted molar refractivity (Wildman–Crippen MR) is 63.5 cm³/mol. The van der Waals surface area contributed by atoms with Crippen LogP contribution in [0.25, 0.3) is 10.9 Å². The van der Waals surface area contributed by atoms with Crippen molar-refractivity contribution < 1.29 is 4.79 Å². The predicted octanol–water partition coefficient (Wildman–Crippen LogP) is 2.61. The van der Waals surface area contributed by atoms with Crippen LogP contribution in [0.5, 0.6) is 0 Å². The Labute approximate surface area is 95.2 Å². The van der Waals surface area contributed by atoms with Gasteiger partial charge >= 0.3 is 0 Å². The first-order chi connectivity index (χ1) is 6.61. The van der Waals surface area contributed by atoms with E-state index in [-0.39, 0.29) is 5.91 Å². The standard InChI is InChI=1S/C10H9IN2O/c1-6-3-4-8-5-12-13(7(2)14)10(8)9(6)11/h3-5H,1-2H3. The summed E-state index contributed by atoms with van der Waals surface area (Å²) in [4.78, 5) is 11.3. The van der Waals surface area contributed by atoms with Gasteiger partial charge in [-0.2, -0.15) is 9.78 Å². The van der Waals surface area contributed by atoms with Gasteiger partial charge < -0.3 is 0 Å². The van der Waals surface area contributed by atoms with E-state index in [2.05, 4.69) is 27.7 Å². The lowest BCUT2D eigenvalue weighted by Crippen LogP contribution is -2.07. The Balaban J connectivity index is 2.89. The minimum absolute atomic E-state index is 0.0523. The molecule has 4 heteroatoms. The molecule has 0 saturated heterocycles. The maximum atomic E-state index is 11.3. The van der Waals surface area contributed by atoms with Gasteiger partial charge in [0.05, 0.1) is 11.7 Å². The highest BCUT2D eigenvalue weighted by atomic mass is 127. The molecule has 2 rings (SSSR count). The van der Waals surface area contributed by atoms with Gasteiger partial charge in [-0.25, -0.2) is 0 Å². The zero-order chi connectivity index (χ0) is 10.3. The van der Waals surface area contributed by atoms with Crippen LogP contribution in [0.1, 0.15) is 17.3 Å². The van der Waals surface area contributed by atoms with E-state index in [0.29, 0.717) is 0 Å². The molecule has 0 bridgehead atoms. The Morgan fingerprint density at radius 2 is 2.21 bits per heavy atom. The van der Waals surface area contributed by atoms with E-state index in [0.717, 1.165) is 14.5 Å². The number of carbonyl (C=O) groups is 1. The summed E-state index contributed by atoms with van der Waals surface area (Å²) >= 11 is 2.25. The molecule has 0 aliphatic carbocycles. The van der Waals surface area contributed by atoms with Crippen molar-refractivity contribution in [3.8, 4) is 0 Å². The first kappa shape index (κ1) is 9.64. The molecule has 0 atom stereocenters. The molecule has 0 amide bonds. The van der Waals surface area contributed by atoms with E-state index in [1.165, 1.54) is 17.2 Å². The minimum atomic E-state index is -0.0523. The molecule has 72 valence electrons. The first-order valence-corrected chi connectivity index (χ1v) is 5.33. The quantitative estimate of drug-likeness (QED) is 0.701. The number of aromatic nitrogens is 2. The van der Waals surface area contributed by atoms with Crippen molar-refractivity contribution in [3.63, 3.8) is 0 Å². The van der Waals surface area contributed by atoms with Crippen LogP contribution in [0, 0.1) is 10.5 Å². The smallest absolute Gasteiger partial charge is 0.244 e. The van der Waals surface area contributed by atoms with Crippen molar-refractivity contribution in [1.82, 2.24) is 9.78 Å². The number of aryl methyl sites for hydroxylation is 1. The van der Waals surface area contributed by atoms with Gasteiger partial charge in [-0.3, -0.25) is 4.79 Å². The maximum Gasteiger partial charge on any atom is 0.244 e. The molecule has 2 aromatic rings. The lowest BCUT2D eigenvalue weighted by atomic mass is 10.2. The van der Waals surface area contributed by atoms with E-state index in [1.807, 2.05) is 19.1 Å². The van der Waals surface area contributed by atoms with Crippen LogP contribution >= 0.6 is 22.6 Å². The summed E-state index contributed by atoms with van der Waals surface area (Å²) in [7, 11) is 0. The maximum absolute atomic E-state index is 11.3. The Morgan fingerprint density at radius 3 is 2.86 bits per heavy atom. The lowest BCUT2D eigenvalue weighted by molar-refractivity contribution is 0.0926. The van der Waals surface area contributed by atoms with Crippen molar-refractivity contribution in [2.75, 3.05) is 0 Å². The Kier molecular flexibility index (Phi) is 2.30. The molecule has 0 fully saturated rings. The van der Waals surface area contributed by atoms with E-state index in [1.54, 1.807) is 6.20 Å². The molecule has 14 heavy (non-hydrogen) atoms. The van der Waals surface area contributed by atoms with E-state index in [9.17, 15) is 4.79 Å². The molecule has 0 aliphatic rings. The fourth-order valence-corrected chi connectivity index (χ4v) is 2.14. The van der Waals surface area contributed by atoms with E-state index < -0.39 is 0 Å². The second kappa shape index (κ2) is 3.34. The van der Waals surface area contributed by atoms with Gasteiger partial charge in [0.1, 0.15) is 0 Å². The van der Waals surface area contributed by atoms with Gasteiger partial charge in [-0.1, -0.05) is 12.1 Å². The second-order valence-electron chi connectivity index (χ2n) is 3.21. The molecule has 1 aromatic heterocycles. The molecule has 0 radical (unpaired) electrons. The van der Waals surface area contributed by atoms with Gasteiger partial charge in [0, 0.05) is 15.9 Å². The molecule has 1 heterocycles. The summed E-state index contributed by atoms with van der Waals surface area (Å²) in [6.45, 7) is 3.55. The van der Waals surface area contributed by atoms with Gasteiger partial charge in [0.15, 0.2) is 0 Å². The van der Waals surface area contributed by atoms with Gasteiger partial charge in [0.2, 0.25) is 5.91 Å². The minimum Gasteiger partial charge on any atom is -0.273 e. The fourth-order valence-electron chi connectivity index (χ4n) is 1.42. The summed E-state index contributed by atoms with van der Waals surface area (Å²) in [6, 6.07) is 4.02. The van der Waals surface area contributed by atoms with Crippen molar-refractivity contribution in [1.29, 1.82) is 0 Å². The van der Waals surface area contributed by atoms with Crippen molar-refractivity contribution >= 4 is 39.4 Å². The largest absolute Gasteiger partial charge is 0.273 e. The number of hydrogen-bond donors (Lipinski definition) is 0. The third-order valence-electron chi connectivity index (χ3n) is 2.16. The topological polar surface area (TPSA) is 34.9 Å². The monoisotopic (exact) mass is 300 g/mol. The number of carbonyl (C=O) groups excluding carboxylic acids is 1. The Bertz CT molecular complexity index is 516. The normalized spacial score (nSPS) is 10.8. The highest BCUT2D eigenvalue weighted by molar-refractivity contribution is 14.1. The molecule has 0 unspecified atom stereocenters. The van der Waals surface area contributed by atoms with E-state index in [4.69, 9.17) is 0 Å². The van der Waals surface area contributed by atoms with Crippen LogP contribution in [0.2, 0.25) is 0 Å². The third kappa shape index (κ3) is 1.33. The van der Waals surface area contributed by atoms with Crippen LogP contribution in [-0.4, -0.2) is 15.7 Å². The van der Waals surface area contributed by atoms with Crippen molar-refractivity contribution in [2.45, 2.75) is 13.8 Å². The average molecular weight is 300 g/mol. The zero-order valence-corrected chi connectivity index (χ0v) is 10.1. The molecule has 3 nitrogen and oxygen atoms in total. The zero-order valence-electron chi connectivity index (χ0n) is 7.91. The van der Waals surface area contributed by atoms with Gasteiger partial charge in [-0.15, -0.1) is 0 Å². The molecule has 0 aliphatic heterocycles. The van der Waals surface area contributed by atoms with Gasteiger partial charge in [-0.05, 0) is 35.1 Å². The number of fused-ring (bicyclic) bond motifs is 1. The highest BCUT2D eigenvalue weighted by Gasteiger charge is 2.10. The number of nitrogens with zero attached hydrogens (tertiary/aromatic N) is 2. The van der Waals surface area contributed by atoms with E-state index >= 15 is 0 Å². The van der Waals surface area contributed by atoms with Crippen LogP contribution in [0.3, 0.4) is 0 Å². The summed E-state index contributed by atoms with van der Waals surface area (Å²) < 4.78 is 2.54. The molecule has 0 spiro atoms.